The van der Waals surface area contributed by atoms with Gasteiger partial charge in [0, 0.05) is 18.3 Å². The van der Waals surface area contributed by atoms with Crippen molar-refractivity contribution in [2.45, 2.75) is 26.4 Å². The molecule has 0 unspecified atom stereocenters. The molecule has 0 aliphatic carbocycles. The number of pyridine rings is 1. The van der Waals surface area contributed by atoms with E-state index in [2.05, 4.69) is 10.3 Å². The number of aromatic nitrogens is 1. The van der Waals surface area contributed by atoms with Crippen LogP contribution in [0.25, 0.3) is 11.3 Å². The van der Waals surface area contributed by atoms with Crippen LogP contribution in [0.2, 0.25) is 0 Å². The van der Waals surface area contributed by atoms with Crippen molar-refractivity contribution in [3.8, 4) is 11.3 Å². The Morgan fingerprint density at radius 3 is 2.65 bits per heavy atom. The molecule has 0 aliphatic rings. The summed E-state index contributed by atoms with van der Waals surface area (Å²) in [6.45, 7) is 6.77. The standard InChI is InChI=1S/C18H21FN2O2/c1-18(2,3)23-10-9-20-17(22)14-7-8-16(21-12-14)13-5-4-6-15(19)11-13/h4-8,11-12H,9-10H2,1-3H3,(H,20,22). The van der Waals surface area contributed by atoms with Crippen molar-refractivity contribution in [1.82, 2.24) is 10.3 Å². The van der Waals surface area contributed by atoms with Gasteiger partial charge in [0.15, 0.2) is 0 Å². The average molecular weight is 316 g/mol. The van der Waals surface area contributed by atoms with Crippen LogP contribution in [-0.4, -0.2) is 29.6 Å². The largest absolute Gasteiger partial charge is 0.374 e. The lowest BCUT2D eigenvalue weighted by molar-refractivity contribution is -0.000654. The Hall–Kier alpha value is -2.27. The minimum Gasteiger partial charge on any atom is -0.374 e. The van der Waals surface area contributed by atoms with Crippen LogP contribution < -0.4 is 5.32 Å². The Bertz CT molecular complexity index is 663. The summed E-state index contributed by atoms with van der Waals surface area (Å²) in [6, 6.07) is 9.57. The average Bonchev–Trinajstić information content (AvgIpc) is 2.50. The molecule has 5 heteroatoms. The van der Waals surface area contributed by atoms with Crippen LogP contribution in [-0.2, 0) is 4.74 Å². The predicted octanol–water partition coefficient (Wildman–Crippen LogP) is 3.43. The van der Waals surface area contributed by atoms with Crippen molar-refractivity contribution in [2.24, 2.45) is 0 Å². The summed E-state index contributed by atoms with van der Waals surface area (Å²) in [5, 5.41) is 2.78. The molecular formula is C18H21FN2O2. The Balaban J connectivity index is 1.93. The summed E-state index contributed by atoms with van der Waals surface area (Å²) in [7, 11) is 0. The first-order valence-electron chi connectivity index (χ1n) is 7.49. The molecule has 0 fully saturated rings. The van der Waals surface area contributed by atoms with Crippen LogP contribution in [0.1, 0.15) is 31.1 Å². The molecule has 0 radical (unpaired) electrons. The van der Waals surface area contributed by atoms with E-state index in [0.29, 0.717) is 30.0 Å². The van der Waals surface area contributed by atoms with Gasteiger partial charge in [-0.15, -0.1) is 0 Å². The van der Waals surface area contributed by atoms with Gasteiger partial charge >= 0.3 is 0 Å². The molecular weight excluding hydrogens is 295 g/mol. The number of hydrogen-bond donors (Lipinski definition) is 1. The first-order valence-corrected chi connectivity index (χ1v) is 7.49. The molecule has 1 N–H and O–H groups in total. The van der Waals surface area contributed by atoms with Gasteiger partial charge in [0.1, 0.15) is 5.82 Å². The van der Waals surface area contributed by atoms with E-state index in [1.54, 1.807) is 24.3 Å². The number of nitrogens with zero attached hydrogens (tertiary/aromatic N) is 1. The van der Waals surface area contributed by atoms with E-state index in [9.17, 15) is 9.18 Å². The van der Waals surface area contributed by atoms with E-state index in [4.69, 9.17) is 4.74 Å². The summed E-state index contributed by atoms with van der Waals surface area (Å²) in [5.74, 6) is -0.522. The number of nitrogens with one attached hydrogen (secondary N) is 1. The van der Waals surface area contributed by atoms with E-state index in [1.165, 1.54) is 18.3 Å². The highest BCUT2D eigenvalue weighted by Gasteiger charge is 2.11. The van der Waals surface area contributed by atoms with Gasteiger partial charge in [0.2, 0.25) is 0 Å². The normalized spacial score (nSPS) is 11.3. The van der Waals surface area contributed by atoms with Crippen molar-refractivity contribution in [2.75, 3.05) is 13.2 Å². The Labute approximate surface area is 135 Å². The van der Waals surface area contributed by atoms with Crippen LogP contribution in [0.15, 0.2) is 42.6 Å². The second-order valence-electron chi connectivity index (χ2n) is 6.16. The molecule has 0 aliphatic heterocycles. The van der Waals surface area contributed by atoms with Crippen LogP contribution in [0.5, 0.6) is 0 Å². The predicted molar refractivity (Wildman–Crippen MR) is 87.7 cm³/mol. The molecule has 1 aromatic heterocycles. The maximum absolute atomic E-state index is 13.2. The highest BCUT2D eigenvalue weighted by atomic mass is 19.1. The topological polar surface area (TPSA) is 51.2 Å². The molecule has 122 valence electrons. The van der Waals surface area contributed by atoms with E-state index in [0.717, 1.165) is 0 Å². The fourth-order valence-electron chi connectivity index (χ4n) is 1.97. The zero-order valence-electron chi connectivity index (χ0n) is 13.6. The molecule has 0 spiro atoms. The fraction of sp³-hybridized carbons (Fsp3) is 0.333. The van der Waals surface area contributed by atoms with Gasteiger partial charge in [-0.2, -0.15) is 0 Å². The number of amides is 1. The third kappa shape index (κ3) is 5.45. The summed E-state index contributed by atoms with van der Waals surface area (Å²) in [4.78, 5) is 16.2. The van der Waals surface area contributed by atoms with Gasteiger partial charge in [-0.05, 0) is 45.0 Å². The lowest BCUT2D eigenvalue weighted by atomic mass is 10.1. The van der Waals surface area contributed by atoms with Gasteiger partial charge in [-0.1, -0.05) is 12.1 Å². The van der Waals surface area contributed by atoms with Crippen molar-refractivity contribution in [3.63, 3.8) is 0 Å². The van der Waals surface area contributed by atoms with Gasteiger partial charge in [0.25, 0.3) is 5.91 Å². The molecule has 23 heavy (non-hydrogen) atoms. The van der Waals surface area contributed by atoms with E-state index in [1.807, 2.05) is 20.8 Å². The molecule has 0 atom stereocenters. The molecule has 1 aromatic carbocycles. The Morgan fingerprint density at radius 2 is 2.04 bits per heavy atom. The number of ether oxygens (including phenoxy) is 1. The molecule has 2 aromatic rings. The third-order valence-corrected chi connectivity index (χ3v) is 3.07. The number of rotatable bonds is 5. The highest BCUT2D eigenvalue weighted by Crippen LogP contribution is 2.17. The van der Waals surface area contributed by atoms with Crippen LogP contribution in [0.3, 0.4) is 0 Å². The van der Waals surface area contributed by atoms with Crippen molar-refractivity contribution in [3.05, 3.63) is 54.0 Å². The van der Waals surface area contributed by atoms with Gasteiger partial charge in [-0.25, -0.2) is 4.39 Å². The van der Waals surface area contributed by atoms with Gasteiger partial charge < -0.3 is 10.1 Å². The van der Waals surface area contributed by atoms with E-state index in [-0.39, 0.29) is 17.3 Å². The minimum atomic E-state index is -0.315. The SMILES string of the molecule is CC(C)(C)OCCNC(=O)c1ccc(-c2cccc(F)c2)nc1. The van der Waals surface area contributed by atoms with Crippen LogP contribution >= 0.6 is 0 Å². The minimum absolute atomic E-state index is 0.208. The number of carbonyl (C=O) groups is 1. The molecule has 0 bridgehead atoms. The van der Waals surface area contributed by atoms with Gasteiger partial charge in [0.05, 0.1) is 23.5 Å². The number of halogens is 1. The summed E-state index contributed by atoms with van der Waals surface area (Å²) >= 11 is 0. The molecule has 1 amide bonds. The number of hydrogen-bond acceptors (Lipinski definition) is 3. The fourth-order valence-corrected chi connectivity index (χ4v) is 1.97. The molecule has 0 saturated carbocycles. The van der Waals surface area contributed by atoms with Crippen molar-refractivity contribution in [1.29, 1.82) is 0 Å². The second-order valence-corrected chi connectivity index (χ2v) is 6.16. The zero-order valence-corrected chi connectivity index (χ0v) is 13.6. The van der Waals surface area contributed by atoms with Crippen molar-refractivity contribution >= 4 is 5.91 Å². The molecule has 4 nitrogen and oxygen atoms in total. The smallest absolute Gasteiger partial charge is 0.252 e. The first kappa shape index (κ1) is 17.1. The monoisotopic (exact) mass is 316 g/mol. The molecule has 2 rings (SSSR count). The number of benzene rings is 1. The van der Waals surface area contributed by atoms with Crippen LogP contribution in [0, 0.1) is 5.82 Å². The summed E-state index contributed by atoms with van der Waals surface area (Å²) < 4.78 is 18.8. The maximum atomic E-state index is 13.2. The summed E-state index contributed by atoms with van der Waals surface area (Å²) in [6.07, 6.45) is 1.49. The van der Waals surface area contributed by atoms with Crippen molar-refractivity contribution < 1.29 is 13.9 Å². The second kappa shape index (κ2) is 7.33. The highest BCUT2D eigenvalue weighted by molar-refractivity contribution is 5.94. The van der Waals surface area contributed by atoms with E-state index >= 15 is 0 Å². The molecule has 1 heterocycles. The maximum Gasteiger partial charge on any atom is 0.252 e. The number of carbonyl (C=O) groups excluding carboxylic acids is 1. The quantitative estimate of drug-likeness (QED) is 0.860. The molecule has 0 saturated heterocycles. The van der Waals surface area contributed by atoms with Gasteiger partial charge in [-0.3, -0.25) is 9.78 Å². The van der Waals surface area contributed by atoms with E-state index < -0.39 is 0 Å². The Kier molecular flexibility index (Phi) is 5.45. The summed E-state index contributed by atoms with van der Waals surface area (Å²) in [5.41, 5.74) is 1.53. The lowest BCUT2D eigenvalue weighted by Gasteiger charge is -2.19. The Morgan fingerprint density at radius 1 is 1.26 bits per heavy atom. The third-order valence-electron chi connectivity index (χ3n) is 3.07. The van der Waals surface area contributed by atoms with Crippen LogP contribution in [0.4, 0.5) is 4.39 Å². The zero-order chi connectivity index (χ0) is 16.9. The first-order chi connectivity index (χ1) is 10.8. The lowest BCUT2D eigenvalue weighted by Crippen LogP contribution is -2.30.